The van der Waals surface area contributed by atoms with Crippen LogP contribution in [-0.2, 0) is 35.4 Å². The fourth-order valence-corrected chi connectivity index (χ4v) is 7.22. The number of benzene rings is 1. The molecule has 1 heterocycles. The van der Waals surface area contributed by atoms with E-state index in [-0.39, 0.29) is 31.6 Å². The van der Waals surface area contributed by atoms with Gasteiger partial charge in [-0.3, -0.25) is 19.3 Å². The van der Waals surface area contributed by atoms with E-state index in [2.05, 4.69) is 20.9 Å². The van der Waals surface area contributed by atoms with Crippen LogP contribution in [0.3, 0.4) is 0 Å². The second-order valence-corrected chi connectivity index (χ2v) is 18.0. The number of carbonyl (C=O) groups excluding carboxylic acids is 3. The van der Waals surface area contributed by atoms with E-state index in [0.29, 0.717) is 24.8 Å². The van der Waals surface area contributed by atoms with Gasteiger partial charge in [-0.25, -0.2) is 8.42 Å². The normalized spacial score (nSPS) is 22.9. The van der Waals surface area contributed by atoms with Crippen molar-refractivity contribution < 1.29 is 32.6 Å². The third kappa shape index (κ3) is 11.3. The van der Waals surface area contributed by atoms with Gasteiger partial charge < -0.3 is 25.8 Å². The predicted octanol–water partition coefficient (Wildman–Crippen LogP) is 2.60. The van der Waals surface area contributed by atoms with E-state index in [1.54, 1.807) is 13.8 Å². The number of nitrogens with one attached hydrogen (secondary N) is 3. The van der Waals surface area contributed by atoms with E-state index in [1.165, 1.54) is 13.8 Å². The number of amides is 3. The van der Waals surface area contributed by atoms with Gasteiger partial charge in [0.25, 0.3) is 0 Å². The highest BCUT2D eigenvalue weighted by molar-refractivity contribution is 7.92. The first kappa shape index (κ1) is 38.9. The van der Waals surface area contributed by atoms with Crippen molar-refractivity contribution in [2.45, 2.75) is 128 Å². The van der Waals surface area contributed by atoms with E-state index in [1.807, 2.05) is 51.1 Å². The molecule has 3 rings (SSSR count). The van der Waals surface area contributed by atoms with Crippen LogP contribution >= 0.6 is 0 Å². The molecule has 3 unspecified atom stereocenters. The number of rotatable bonds is 14. The van der Waals surface area contributed by atoms with Crippen molar-refractivity contribution in [3.63, 3.8) is 0 Å². The number of piperidine rings is 1. The molecule has 266 valence electrons. The zero-order chi connectivity index (χ0) is 35.2. The van der Waals surface area contributed by atoms with Crippen molar-refractivity contribution in [3.8, 4) is 0 Å². The van der Waals surface area contributed by atoms with Crippen molar-refractivity contribution in [3.05, 3.63) is 35.9 Å². The number of hydrogen-bond donors (Lipinski definition) is 4. The van der Waals surface area contributed by atoms with Crippen LogP contribution in [0.25, 0.3) is 0 Å². The molecule has 1 aromatic carbocycles. The van der Waals surface area contributed by atoms with Crippen LogP contribution in [-0.4, -0.2) is 103 Å². The summed E-state index contributed by atoms with van der Waals surface area (Å²) >= 11 is 0. The molecule has 2 aliphatic rings. The van der Waals surface area contributed by atoms with E-state index in [9.17, 15) is 27.9 Å². The lowest BCUT2D eigenvalue weighted by Gasteiger charge is -2.47. The number of ether oxygens (including phenoxy) is 1. The van der Waals surface area contributed by atoms with Gasteiger partial charge in [-0.05, 0) is 85.1 Å². The van der Waals surface area contributed by atoms with Crippen molar-refractivity contribution in [2.75, 3.05) is 26.0 Å². The van der Waals surface area contributed by atoms with Crippen molar-refractivity contribution in [1.82, 2.24) is 20.9 Å². The average molecular weight is 679 g/mol. The van der Waals surface area contributed by atoms with Crippen molar-refractivity contribution in [2.24, 2.45) is 11.8 Å². The zero-order valence-corrected chi connectivity index (χ0v) is 30.4. The number of aliphatic hydroxyl groups is 1. The van der Waals surface area contributed by atoms with Crippen LogP contribution in [0.5, 0.6) is 0 Å². The van der Waals surface area contributed by atoms with Crippen LogP contribution < -0.4 is 16.0 Å². The van der Waals surface area contributed by atoms with E-state index >= 15 is 0 Å². The fraction of sp³-hybridized carbons (Fsp3) is 0.743. The molecule has 47 heavy (non-hydrogen) atoms. The van der Waals surface area contributed by atoms with Crippen LogP contribution in [0.15, 0.2) is 30.3 Å². The number of hydrogen-bond acceptors (Lipinski definition) is 8. The summed E-state index contributed by atoms with van der Waals surface area (Å²) in [7, 11) is -3.84. The minimum absolute atomic E-state index is 0.0707. The number of fused-ring (bicyclic) bond motifs is 1. The van der Waals surface area contributed by atoms with Gasteiger partial charge in [0.2, 0.25) is 17.7 Å². The first-order chi connectivity index (χ1) is 21.8. The quantitative estimate of drug-likeness (QED) is 0.234. The lowest BCUT2D eigenvalue weighted by molar-refractivity contribution is -0.134. The fourth-order valence-electron chi connectivity index (χ4n) is 6.63. The van der Waals surface area contributed by atoms with Crippen molar-refractivity contribution >= 4 is 27.6 Å². The molecule has 1 saturated heterocycles. The maximum absolute atomic E-state index is 14.0. The molecule has 6 atom stereocenters. The molecule has 3 amide bonds. The Morgan fingerprint density at radius 3 is 2.19 bits per heavy atom. The Morgan fingerprint density at radius 2 is 1.62 bits per heavy atom. The first-order valence-electron chi connectivity index (χ1n) is 17.0. The van der Waals surface area contributed by atoms with Gasteiger partial charge in [0.15, 0.2) is 9.84 Å². The van der Waals surface area contributed by atoms with Crippen molar-refractivity contribution in [1.29, 1.82) is 0 Å². The van der Waals surface area contributed by atoms with Gasteiger partial charge in [0.1, 0.15) is 12.6 Å². The average Bonchev–Trinajstić information content (AvgIpc) is 2.97. The third-order valence-electron chi connectivity index (χ3n) is 9.58. The molecule has 1 saturated carbocycles. The maximum Gasteiger partial charge on any atom is 0.246 e. The highest BCUT2D eigenvalue weighted by Crippen LogP contribution is 2.39. The summed E-state index contributed by atoms with van der Waals surface area (Å²) in [6.45, 7) is 12.6. The molecular weight excluding hydrogens is 620 g/mol. The Hall–Kier alpha value is -2.54. The molecule has 4 N–H and O–H groups in total. The van der Waals surface area contributed by atoms with E-state index in [0.717, 1.165) is 37.5 Å². The molecule has 1 aliphatic carbocycles. The summed E-state index contributed by atoms with van der Waals surface area (Å²) in [6.07, 6.45) is 5.13. The minimum atomic E-state index is -3.84. The summed E-state index contributed by atoms with van der Waals surface area (Å²) in [5, 5.41) is 20.5. The minimum Gasteiger partial charge on any atom is -0.390 e. The first-order valence-corrected chi connectivity index (χ1v) is 18.9. The number of β-amino-alcohol motifs (C(OH)–C–C–N with tert-alkyl or cyclic N) is 1. The molecule has 0 radical (unpaired) electrons. The number of nitrogens with zero attached hydrogens (tertiary/aromatic N) is 1. The summed E-state index contributed by atoms with van der Waals surface area (Å²) < 4.78 is 29.5. The topological polar surface area (TPSA) is 154 Å². The standard InChI is InChI=1S/C35H58N4O7S/c1-23(2)46-22-30(41)37-31(35(6,7)47(8,44)45)33(43)36-27(18-24-14-10-9-11-15-24)29(40)21-39-20-26-17-13-12-16-25(26)19-28(39)32(42)38-34(3,4)5/h9-11,14-15,23,25-29,31,40H,12-13,16-22H2,1-8H3,(H,36,43)(H,37,41)(H,38,42)/t25-,26+,27?,28?,29?,31+/m0/s1. The largest absolute Gasteiger partial charge is 0.390 e. The highest BCUT2D eigenvalue weighted by Gasteiger charge is 2.46. The Labute approximate surface area is 281 Å². The van der Waals surface area contributed by atoms with Gasteiger partial charge in [-0.15, -0.1) is 0 Å². The lowest BCUT2D eigenvalue weighted by atomic mass is 9.72. The maximum atomic E-state index is 14.0. The van der Waals surface area contributed by atoms with Crippen LogP contribution in [0.2, 0.25) is 0 Å². The number of sulfone groups is 1. The Kier molecular flexibility index (Phi) is 13.4. The van der Waals surface area contributed by atoms with Gasteiger partial charge >= 0.3 is 0 Å². The van der Waals surface area contributed by atoms with Crippen LogP contribution in [0, 0.1) is 11.8 Å². The lowest BCUT2D eigenvalue weighted by Crippen LogP contribution is -2.64. The Bertz CT molecular complexity index is 1310. The van der Waals surface area contributed by atoms with E-state index in [4.69, 9.17) is 4.74 Å². The molecule has 0 aromatic heterocycles. The predicted molar refractivity (Wildman–Crippen MR) is 183 cm³/mol. The summed E-state index contributed by atoms with van der Waals surface area (Å²) in [5.74, 6) is -0.543. The van der Waals surface area contributed by atoms with Crippen LogP contribution in [0.4, 0.5) is 0 Å². The second-order valence-electron chi connectivity index (χ2n) is 15.4. The smallest absolute Gasteiger partial charge is 0.246 e. The Balaban J connectivity index is 1.91. The monoisotopic (exact) mass is 678 g/mol. The molecule has 11 nitrogen and oxygen atoms in total. The number of carbonyl (C=O) groups is 3. The van der Waals surface area contributed by atoms with Gasteiger partial charge in [0, 0.05) is 24.9 Å². The van der Waals surface area contributed by atoms with E-state index < -0.39 is 56.2 Å². The van der Waals surface area contributed by atoms with Gasteiger partial charge in [0.05, 0.1) is 29.0 Å². The number of likely N-dealkylation sites (tertiary alicyclic amines) is 1. The zero-order valence-electron chi connectivity index (χ0n) is 29.5. The van der Waals surface area contributed by atoms with Crippen LogP contribution in [0.1, 0.15) is 86.1 Å². The van der Waals surface area contributed by atoms with Gasteiger partial charge in [-0.2, -0.15) is 0 Å². The summed E-state index contributed by atoms with van der Waals surface area (Å²) in [5.41, 5.74) is 0.443. The molecule has 0 spiro atoms. The molecular formula is C35H58N4O7S. The molecule has 12 heteroatoms. The number of aliphatic hydroxyl groups excluding tert-OH is 1. The second kappa shape index (κ2) is 16.2. The third-order valence-corrected chi connectivity index (χ3v) is 11.7. The summed E-state index contributed by atoms with van der Waals surface area (Å²) in [4.78, 5) is 42.5. The van der Waals surface area contributed by atoms with Gasteiger partial charge in [-0.1, -0.05) is 49.6 Å². The Morgan fingerprint density at radius 1 is 1.00 bits per heavy atom. The molecule has 0 bridgehead atoms. The molecule has 2 fully saturated rings. The molecule has 1 aromatic rings. The molecule has 1 aliphatic heterocycles. The summed E-state index contributed by atoms with van der Waals surface area (Å²) in [6, 6.07) is 6.66. The SMILES string of the molecule is CC(C)OCC(=O)N[C@H](C(=O)NC(Cc1ccccc1)C(O)CN1C[C@H]2CCCC[C@H]2CC1C(=O)NC(C)(C)C)C(C)(C)S(C)(=O)=O. The highest BCUT2D eigenvalue weighted by atomic mass is 32.2.